The molecule has 4 heteroatoms. The normalized spacial score (nSPS) is 16.3. The Morgan fingerprint density at radius 2 is 2.16 bits per heavy atom. The highest BCUT2D eigenvalue weighted by atomic mass is 16.2. The molecule has 0 saturated heterocycles. The molecule has 1 fully saturated rings. The van der Waals surface area contributed by atoms with Crippen molar-refractivity contribution in [2.75, 3.05) is 13.6 Å². The largest absolute Gasteiger partial charge is 0.341 e. The standard InChI is InChI=1S/C15H23N3O/c1-18(11-12-5-3-2-4-6-12)15(19)13-7-8-17-14(9-13)10-16/h7-9,12H,2-6,10-11,16H2,1H3. The molecule has 2 N–H and O–H groups in total. The van der Waals surface area contributed by atoms with Crippen LogP contribution in [-0.2, 0) is 6.54 Å². The second kappa shape index (κ2) is 6.66. The van der Waals surface area contributed by atoms with E-state index in [-0.39, 0.29) is 5.91 Å². The summed E-state index contributed by atoms with van der Waals surface area (Å²) in [7, 11) is 1.89. The number of carbonyl (C=O) groups is 1. The minimum absolute atomic E-state index is 0.0719. The van der Waals surface area contributed by atoms with Crippen molar-refractivity contribution in [3.05, 3.63) is 29.6 Å². The Morgan fingerprint density at radius 1 is 1.42 bits per heavy atom. The summed E-state index contributed by atoms with van der Waals surface area (Å²) >= 11 is 0. The Bertz CT molecular complexity index is 427. The summed E-state index contributed by atoms with van der Waals surface area (Å²) in [6.45, 7) is 1.23. The maximum atomic E-state index is 12.3. The first-order valence-corrected chi connectivity index (χ1v) is 7.11. The smallest absolute Gasteiger partial charge is 0.253 e. The molecule has 1 aliphatic rings. The molecule has 0 radical (unpaired) electrons. The first-order chi connectivity index (χ1) is 9.20. The van der Waals surface area contributed by atoms with Gasteiger partial charge in [-0.15, -0.1) is 0 Å². The van der Waals surface area contributed by atoms with Gasteiger partial charge in [-0.2, -0.15) is 0 Å². The lowest BCUT2D eigenvalue weighted by Gasteiger charge is -2.27. The van der Waals surface area contributed by atoms with E-state index in [4.69, 9.17) is 5.73 Å². The highest BCUT2D eigenvalue weighted by molar-refractivity contribution is 5.94. The molecule has 19 heavy (non-hydrogen) atoms. The van der Waals surface area contributed by atoms with Crippen LogP contribution in [-0.4, -0.2) is 29.4 Å². The maximum Gasteiger partial charge on any atom is 0.253 e. The topological polar surface area (TPSA) is 59.2 Å². The fourth-order valence-electron chi connectivity index (χ4n) is 2.78. The first-order valence-electron chi connectivity index (χ1n) is 7.11. The van der Waals surface area contributed by atoms with Crippen LogP contribution in [0.1, 0.15) is 48.2 Å². The number of pyridine rings is 1. The Balaban J connectivity index is 1.97. The molecule has 1 aromatic heterocycles. The maximum absolute atomic E-state index is 12.3. The molecule has 1 heterocycles. The number of carbonyl (C=O) groups excluding carboxylic acids is 1. The summed E-state index contributed by atoms with van der Waals surface area (Å²) in [5.41, 5.74) is 7.01. The van der Waals surface area contributed by atoms with Gasteiger partial charge in [0.25, 0.3) is 5.91 Å². The molecule has 0 bridgehead atoms. The summed E-state index contributed by atoms with van der Waals surface area (Å²) in [6.07, 6.45) is 8.12. The zero-order valence-electron chi connectivity index (χ0n) is 11.6. The fourth-order valence-corrected chi connectivity index (χ4v) is 2.78. The van der Waals surface area contributed by atoms with Gasteiger partial charge in [-0.3, -0.25) is 9.78 Å². The molecule has 0 spiro atoms. The Kier molecular flexibility index (Phi) is 4.91. The number of nitrogens with zero attached hydrogens (tertiary/aromatic N) is 2. The van der Waals surface area contributed by atoms with Crippen LogP contribution in [0.5, 0.6) is 0 Å². The van der Waals surface area contributed by atoms with Crippen molar-refractivity contribution in [2.45, 2.75) is 38.6 Å². The van der Waals surface area contributed by atoms with Gasteiger partial charge >= 0.3 is 0 Å². The molecule has 0 aromatic carbocycles. The number of amides is 1. The van der Waals surface area contributed by atoms with Gasteiger partial charge in [0, 0.05) is 31.9 Å². The lowest BCUT2D eigenvalue weighted by Crippen LogP contribution is -2.32. The van der Waals surface area contributed by atoms with Gasteiger partial charge in [-0.25, -0.2) is 0 Å². The van der Waals surface area contributed by atoms with E-state index in [9.17, 15) is 4.79 Å². The van der Waals surface area contributed by atoms with Crippen LogP contribution in [0.15, 0.2) is 18.3 Å². The summed E-state index contributed by atoms with van der Waals surface area (Å²) in [6, 6.07) is 3.55. The Labute approximate surface area is 115 Å². The Morgan fingerprint density at radius 3 is 2.84 bits per heavy atom. The molecule has 0 aliphatic heterocycles. The third-order valence-electron chi connectivity index (χ3n) is 3.88. The van der Waals surface area contributed by atoms with E-state index in [0.717, 1.165) is 12.2 Å². The van der Waals surface area contributed by atoms with Crippen LogP contribution < -0.4 is 5.73 Å². The van der Waals surface area contributed by atoms with Gasteiger partial charge in [0.1, 0.15) is 0 Å². The molecule has 1 saturated carbocycles. The lowest BCUT2D eigenvalue weighted by molar-refractivity contribution is 0.0760. The number of aromatic nitrogens is 1. The van der Waals surface area contributed by atoms with E-state index < -0.39 is 0 Å². The molecule has 104 valence electrons. The molecule has 0 unspecified atom stereocenters. The highest BCUT2D eigenvalue weighted by Gasteiger charge is 2.19. The summed E-state index contributed by atoms with van der Waals surface area (Å²) in [5, 5.41) is 0. The molecule has 1 amide bonds. The Hall–Kier alpha value is -1.42. The zero-order chi connectivity index (χ0) is 13.7. The number of rotatable bonds is 4. The molecule has 4 nitrogen and oxygen atoms in total. The van der Waals surface area contributed by atoms with E-state index in [1.807, 2.05) is 11.9 Å². The quantitative estimate of drug-likeness (QED) is 0.904. The number of hydrogen-bond acceptors (Lipinski definition) is 3. The molecule has 0 atom stereocenters. The van der Waals surface area contributed by atoms with Crippen LogP contribution in [0, 0.1) is 5.92 Å². The minimum Gasteiger partial charge on any atom is -0.341 e. The molecular weight excluding hydrogens is 238 g/mol. The summed E-state index contributed by atoms with van der Waals surface area (Å²) < 4.78 is 0. The van der Waals surface area contributed by atoms with Gasteiger partial charge in [-0.1, -0.05) is 19.3 Å². The van der Waals surface area contributed by atoms with Gasteiger partial charge in [0.05, 0.1) is 5.69 Å². The fraction of sp³-hybridized carbons (Fsp3) is 0.600. The average Bonchev–Trinajstić information content (AvgIpc) is 2.47. The van der Waals surface area contributed by atoms with Crippen molar-refractivity contribution in [1.29, 1.82) is 0 Å². The summed E-state index contributed by atoms with van der Waals surface area (Å²) in [5.74, 6) is 0.737. The van der Waals surface area contributed by atoms with Gasteiger partial charge in [-0.05, 0) is 30.9 Å². The van der Waals surface area contributed by atoms with Crippen LogP contribution >= 0.6 is 0 Å². The lowest BCUT2D eigenvalue weighted by atomic mass is 9.89. The van der Waals surface area contributed by atoms with Crippen molar-refractivity contribution in [3.8, 4) is 0 Å². The average molecular weight is 261 g/mol. The van der Waals surface area contributed by atoms with Crippen molar-refractivity contribution >= 4 is 5.91 Å². The third-order valence-corrected chi connectivity index (χ3v) is 3.88. The minimum atomic E-state index is 0.0719. The molecule has 1 aliphatic carbocycles. The third kappa shape index (κ3) is 3.77. The SMILES string of the molecule is CN(CC1CCCCC1)C(=O)c1ccnc(CN)c1. The predicted molar refractivity (Wildman–Crippen MR) is 75.7 cm³/mol. The van der Waals surface area contributed by atoms with Crippen LogP contribution in [0.25, 0.3) is 0 Å². The molecule has 2 rings (SSSR count). The van der Waals surface area contributed by atoms with Gasteiger partial charge < -0.3 is 10.6 Å². The predicted octanol–water partition coefficient (Wildman–Crippen LogP) is 2.19. The monoisotopic (exact) mass is 261 g/mol. The zero-order valence-corrected chi connectivity index (χ0v) is 11.6. The summed E-state index contributed by atoms with van der Waals surface area (Å²) in [4.78, 5) is 18.3. The molecule has 1 aromatic rings. The van der Waals surface area contributed by atoms with E-state index in [1.54, 1.807) is 18.3 Å². The van der Waals surface area contributed by atoms with Gasteiger partial charge in [0.2, 0.25) is 0 Å². The second-order valence-corrected chi connectivity index (χ2v) is 5.43. The van der Waals surface area contributed by atoms with Gasteiger partial charge in [0.15, 0.2) is 0 Å². The van der Waals surface area contributed by atoms with E-state index >= 15 is 0 Å². The van der Waals surface area contributed by atoms with E-state index in [2.05, 4.69) is 4.98 Å². The van der Waals surface area contributed by atoms with Crippen molar-refractivity contribution in [2.24, 2.45) is 11.7 Å². The van der Waals surface area contributed by atoms with E-state index in [1.165, 1.54) is 32.1 Å². The van der Waals surface area contributed by atoms with Crippen LogP contribution in [0.2, 0.25) is 0 Å². The van der Waals surface area contributed by atoms with Crippen molar-refractivity contribution in [3.63, 3.8) is 0 Å². The first kappa shape index (κ1) is 14.0. The second-order valence-electron chi connectivity index (χ2n) is 5.43. The molecular formula is C15H23N3O. The van der Waals surface area contributed by atoms with E-state index in [0.29, 0.717) is 18.0 Å². The van der Waals surface area contributed by atoms with Crippen LogP contribution in [0.3, 0.4) is 0 Å². The van der Waals surface area contributed by atoms with Crippen molar-refractivity contribution < 1.29 is 4.79 Å². The highest BCUT2D eigenvalue weighted by Crippen LogP contribution is 2.24. The van der Waals surface area contributed by atoms with Crippen LogP contribution in [0.4, 0.5) is 0 Å². The van der Waals surface area contributed by atoms with Crippen molar-refractivity contribution in [1.82, 2.24) is 9.88 Å². The number of nitrogens with two attached hydrogens (primary N) is 1. The number of hydrogen-bond donors (Lipinski definition) is 1.